The number of amides is 1. The molecule has 3 heteroatoms. The van der Waals surface area contributed by atoms with Gasteiger partial charge in [-0.2, -0.15) is 0 Å². The zero-order valence-corrected chi connectivity index (χ0v) is 12.8. The van der Waals surface area contributed by atoms with Crippen molar-refractivity contribution in [3.63, 3.8) is 0 Å². The lowest BCUT2D eigenvalue weighted by molar-refractivity contribution is -0.129. The Labute approximate surface area is 134 Å². The first-order valence-corrected chi connectivity index (χ1v) is 8.28. The smallest absolute Gasteiger partial charge is 0.223 e. The molecule has 0 saturated carbocycles. The van der Waals surface area contributed by atoms with Crippen LogP contribution >= 0.6 is 0 Å². The minimum Gasteiger partial charge on any atom is -0.356 e. The molecule has 5 rings (SSSR count). The lowest BCUT2D eigenvalue weighted by atomic mass is 9.84. The Balaban J connectivity index is 1.78. The Morgan fingerprint density at radius 3 is 2.65 bits per heavy atom. The van der Waals surface area contributed by atoms with E-state index in [1.54, 1.807) is 0 Å². The number of nitrogens with one attached hydrogen (secondary N) is 1. The summed E-state index contributed by atoms with van der Waals surface area (Å²) in [6.45, 7) is 0.794. The lowest BCUT2D eigenvalue weighted by Crippen LogP contribution is -2.37. The number of aromatic amines is 1. The lowest BCUT2D eigenvalue weighted by Gasteiger charge is -2.35. The summed E-state index contributed by atoms with van der Waals surface area (Å²) in [6, 6.07) is 19.3. The average molecular weight is 302 g/mol. The first-order chi connectivity index (χ1) is 11.3. The molecule has 1 N–H and O–H groups in total. The second-order valence-electron chi connectivity index (χ2n) is 6.56. The van der Waals surface area contributed by atoms with Crippen molar-refractivity contribution in [2.24, 2.45) is 0 Å². The summed E-state index contributed by atoms with van der Waals surface area (Å²) in [5.74, 6) is 0.542. The van der Waals surface area contributed by atoms with Crippen molar-refractivity contribution < 1.29 is 4.79 Å². The Bertz CT molecular complexity index is 896. The van der Waals surface area contributed by atoms with Gasteiger partial charge in [-0.15, -0.1) is 0 Å². The van der Waals surface area contributed by atoms with Gasteiger partial charge >= 0.3 is 0 Å². The largest absolute Gasteiger partial charge is 0.356 e. The highest BCUT2D eigenvalue weighted by molar-refractivity contribution is 5.88. The zero-order chi connectivity index (χ0) is 15.4. The van der Waals surface area contributed by atoms with Gasteiger partial charge in [0.2, 0.25) is 5.91 Å². The molecule has 114 valence electrons. The molecule has 0 aliphatic carbocycles. The minimum absolute atomic E-state index is 0.227. The zero-order valence-electron chi connectivity index (χ0n) is 12.8. The van der Waals surface area contributed by atoms with Crippen LogP contribution in [0.2, 0.25) is 0 Å². The number of aromatic nitrogens is 1. The van der Waals surface area contributed by atoms with E-state index in [2.05, 4.69) is 58.4 Å². The number of para-hydroxylation sites is 1. The van der Waals surface area contributed by atoms with Crippen molar-refractivity contribution in [1.82, 2.24) is 9.88 Å². The second kappa shape index (κ2) is 4.72. The summed E-state index contributed by atoms with van der Waals surface area (Å²) >= 11 is 0. The predicted molar refractivity (Wildman–Crippen MR) is 90.3 cm³/mol. The number of benzene rings is 2. The maximum Gasteiger partial charge on any atom is 0.223 e. The van der Waals surface area contributed by atoms with Crippen LogP contribution in [0.25, 0.3) is 10.9 Å². The standard InChI is InChI=1S/C20H18N2O/c23-18-11-10-17-20-19(14-8-4-5-9-16(14)21-20)15(12-22(17)18)13-6-2-1-3-7-13/h1-9,15,17,21H,10-12H2/t15-,17-/m0/s1. The highest BCUT2D eigenvalue weighted by Crippen LogP contribution is 2.47. The van der Waals surface area contributed by atoms with Gasteiger partial charge in [0, 0.05) is 35.5 Å². The monoisotopic (exact) mass is 302 g/mol. The molecule has 1 saturated heterocycles. The van der Waals surface area contributed by atoms with E-state index in [-0.39, 0.29) is 12.0 Å². The Kier molecular flexibility index (Phi) is 2.66. The normalized spacial score (nSPS) is 23.1. The van der Waals surface area contributed by atoms with Gasteiger partial charge in [0.05, 0.1) is 6.04 Å². The fraction of sp³-hybridized carbons (Fsp3) is 0.250. The molecule has 1 amide bonds. The molecule has 2 atom stereocenters. The van der Waals surface area contributed by atoms with Gasteiger partial charge in [0.1, 0.15) is 0 Å². The van der Waals surface area contributed by atoms with E-state index in [4.69, 9.17) is 0 Å². The fourth-order valence-electron chi connectivity index (χ4n) is 4.33. The molecule has 23 heavy (non-hydrogen) atoms. The van der Waals surface area contributed by atoms with E-state index >= 15 is 0 Å². The van der Waals surface area contributed by atoms with Gasteiger partial charge in [0.15, 0.2) is 0 Å². The third kappa shape index (κ3) is 1.79. The van der Waals surface area contributed by atoms with E-state index < -0.39 is 0 Å². The van der Waals surface area contributed by atoms with E-state index in [0.717, 1.165) is 13.0 Å². The summed E-state index contributed by atoms with van der Waals surface area (Å²) in [5.41, 5.74) is 5.11. The molecule has 2 aliphatic rings. The third-order valence-electron chi connectivity index (χ3n) is 5.37. The van der Waals surface area contributed by atoms with Gasteiger partial charge in [-0.05, 0) is 23.6 Å². The molecule has 0 unspecified atom stereocenters. The summed E-state index contributed by atoms with van der Waals surface area (Å²) in [7, 11) is 0. The van der Waals surface area contributed by atoms with Gasteiger partial charge < -0.3 is 9.88 Å². The van der Waals surface area contributed by atoms with Crippen LogP contribution in [0.4, 0.5) is 0 Å². The first-order valence-electron chi connectivity index (χ1n) is 8.28. The van der Waals surface area contributed by atoms with Gasteiger partial charge in [0.25, 0.3) is 0 Å². The highest BCUT2D eigenvalue weighted by atomic mass is 16.2. The number of fused-ring (bicyclic) bond motifs is 5. The first kappa shape index (κ1) is 12.9. The molecule has 3 aromatic rings. The molecule has 1 aromatic heterocycles. The molecule has 0 radical (unpaired) electrons. The summed E-state index contributed by atoms with van der Waals surface area (Å²) in [5, 5.41) is 1.30. The number of hydrogen-bond acceptors (Lipinski definition) is 1. The van der Waals surface area contributed by atoms with E-state index in [1.807, 2.05) is 6.07 Å². The number of H-pyrrole nitrogens is 1. The van der Waals surface area contributed by atoms with Gasteiger partial charge in [-0.25, -0.2) is 0 Å². The predicted octanol–water partition coefficient (Wildman–Crippen LogP) is 3.98. The summed E-state index contributed by atoms with van der Waals surface area (Å²) in [6.07, 6.45) is 1.60. The van der Waals surface area contributed by atoms with Crippen LogP contribution in [0.3, 0.4) is 0 Å². The van der Waals surface area contributed by atoms with Crippen LogP contribution in [0.1, 0.15) is 41.6 Å². The molecule has 1 fully saturated rings. The Morgan fingerprint density at radius 2 is 1.78 bits per heavy atom. The van der Waals surface area contributed by atoms with Crippen LogP contribution < -0.4 is 0 Å². The Morgan fingerprint density at radius 1 is 1.00 bits per heavy atom. The van der Waals surface area contributed by atoms with Crippen LogP contribution in [0.5, 0.6) is 0 Å². The SMILES string of the molecule is O=C1CC[C@H]2c3[nH]c4ccccc4c3[C@H](c3ccccc3)CN12. The van der Waals surface area contributed by atoms with Gasteiger partial charge in [-0.1, -0.05) is 48.5 Å². The third-order valence-corrected chi connectivity index (χ3v) is 5.37. The van der Waals surface area contributed by atoms with Crippen LogP contribution in [0.15, 0.2) is 54.6 Å². The van der Waals surface area contributed by atoms with Crippen molar-refractivity contribution in [2.75, 3.05) is 6.54 Å². The average Bonchev–Trinajstić information content (AvgIpc) is 3.16. The molecule has 3 nitrogen and oxygen atoms in total. The summed E-state index contributed by atoms with van der Waals surface area (Å²) in [4.78, 5) is 18.0. The van der Waals surface area contributed by atoms with E-state index in [1.165, 1.54) is 27.7 Å². The Hall–Kier alpha value is -2.55. The van der Waals surface area contributed by atoms with Crippen molar-refractivity contribution in [3.05, 3.63) is 71.4 Å². The summed E-state index contributed by atoms with van der Waals surface area (Å²) < 4.78 is 0. The maximum atomic E-state index is 12.3. The molecule has 0 bridgehead atoms. The van der Waals surface area contributed by atoms with Crippen molar-refractivity contribution in [3.8, 4) is 0 Å². The number of rotatable bonds is 1. The molecule has 2 aromatic carbocycles. The van der Waals surface area contributed by atoms with E-state index in [0.29, 0.717) is 12.3 Å². The van der Waals surface area contributed by atoms with Crippen molar-refractivity contribution in [1.29, 1.82) is 0 Å². The second-order valence-corrected chi connectivity index (χ2v) is 6.56. The molecule has 2 aliphatic heterocycles. The molecular formula is C20H18N2O. The number of hydrogen-bond donors (Lipinski definition) is 1. The fourth-order valence-corrected chi connectivity index (χ4v) is 4.33. The van der Waals surface area contributed by atoms with Crippen LogP contribution in [0, 0.1) is 0 Å². The van der Waals surface area contributed by atoms with Crippen molar-refractivity contribution in [2.45, 2.75) is 24.8 Å². The van der Waals surface area contributed by atoms with Crippen molar-refractivity contribution >= 4 is 16.8 Å². The number of nitrogens with zero attached hydrogens (tertiary/aromatic N) is 1. The van der Waals surface area contributed by atoms with Gasteiger partial charge in [-0.3, -0.25) is 4.79 Å². The number of carbonyl (C=O) groups excluding carboxylic acids is 1. The maximum absolute atomic E-state index is 12.3. The number of carbonyl (C=O) groups is 1. The van der Waals surface area contributed by atoms with Crippen LogP contribution in [-0.2, 0) is 4.79 Å². The quantitative estimate of drug-likeness (QED) is 0.725. The topological polar surface area (TPSA) is 36.1 Å². The highest BCUT2D eigenvalue weighted by Gasteiger charge is 2.42. The van der Waals surface area contributed by atoms with E-state index in [9.17, 15) is 4.79 Å². The molecular weight excluding hydrogens is 284 g/mol. The molecule has 0 spiro atoms. The van der Waals surface area contributed by atoms with Crippen LogP contribution in [-0.4, -0.2) is 22.3 Å². The minimum atomic E-state index is 0.227. The molecule has 3 heterocycles.